The molecule has 1 fully saturated rings. The van der Waals surface area contributed by atoms with E-state index in [0.717, 1.165) is 19.6 Å². The van der Waals surface area contributed by atoms with Crippen molar-refractivity contribution < 1.29 is 0 Å². The van der Waals surface area contributed by atoms with Gasteiger partial charge in [-0.3, -0.25) is 9.58 Å². The molecule has 1 aliphatic rings. The van der Waals surface area contributed by atoms with Crippen LogP contribution in [0.15, 0.2) is 12.4 Å². The lowest BCUT2D eigenvalue weighted by molar-refractivity contribution is 0.264. The van der Waals surface area contributed by atoms with Gasteiger partial charge in [0.2, 0.25) is 0 Å². The van der Waals surface area contributed by atoms with Gasteiger partial charge < -0.3 is 5.73 Å². The minimum Gasteiger partial charge on any atom is -0.329 e. The lowest BCUT2D eigenvalue weighted by Crippen LogP contribution is -2.28. The van der Waals surface area contributed by atoms with Crippen molar-refractivity contribution in [2.24, 2.45) is 5.73 Å². The summed E-state index contributed by atoms with van der Waals surface area (Å²) < 4.78 is 1.99. The maximum atomic E-state index is 5.62. The Morgan fingerprint density at radius 2 is 2.47 bits per heavy atom. The van der Waals surface area contributed by atoms with E-state index in [1.807, 2.05) is 10.9 Å². The smallest absolute Gasteiger partial charge is 0.0537 e. The molecule has 0 bridgehead atoms. The third kappa shape index (κ3) is 2.21. The molecule has 0 radical (unpaired) electrons. The molecule has 0 aromatic carbocycles. The van der Waals surface area contributed by atoms with E-state index in [1.165, 1.54) is 24.9 Å². The zero-order chi connectivity index (χ0) is 10.7. The summed E-state index contributed by atoms with van der Waals surface area (Å²) in [5.74, 6) is 0. The van der Waals surface area contributed by atoms with Crippen LogP contribution in [0.5, 0.6) is 0 Å². The van der Waals surface area contributed by atoms with Crippen molar-refractivity contribution in [2.45, 2.75) is 32.4 Å². The highest BCUT2D eigenvalue weighted by molar-refractivity contribution is 5.12. The van der Waals surface area contributed by atoms with Crippen LogP contribution in [0.3, 0.4) is 0 Å². The highest BCUT2D eigenvalue weighted by Gasteiger charge is 2.25. The normalized spacial score (nSPS) is 22.4. The first-order valence-corrected chi connectivity index (χ1v) is 5.81. The van der Waals surface area contributed by atoms with E-state index in [0.29, 0.717) is 6.04 Å². The van der Waals surface area contributed by atoms with Gasteiger partial charge in [-0.15, -0.1) is 0 Å². The average Bonchev–Trinajstić information content (AvgIpc) is 2.85. The van der Waals surface area contributed by atoms with Crippen molar-refractivity contribution in [1.82, 2.24) is 14.7 Å². The molecule has 4 nitrogen and oxygen atoms in total. The molecule has 0 saturated carbocycles. The van der Waals surface area contributed by atoms with Crippen LogP contribution >= 0.6 is 0 Å². The van der Waals surface area contributed by atoms with Gasteiger partial charge in [0.05, 0.1) is 6.20 Å². The van der Waals surface area contributed by atoms with Crippen LogP contribution in [-0.4, -0.2) is 34.3 Å². The van der Waals surface area contributed by atoms with E-state index < -0.39 is 0 Å². The van der Waals surface area contributed by atoms with Crippen LogP contribution < -0.4 is 5.73 Å². The lowest BCUT2D eigenvalue weighted by atomic mass is 10.1. The molecule has 1 aliphatic heterocycles. The molecule has 0 unspecified atom stereocenters. The standard InChI is InChI=1S/C11H20N4/c1-2-15-9-10(8-13-15)11-4-3-6-14(11)7-5-12/h8-9,11H,2-7,12H2,1H3/t11-/m1/s1. The predicted octanol–water partition coefficient (Wildman–Crippen LogP) is 0.999. The molecule has 2 N–H and O–H groups in total. The summed E-state index contributed by atoms with van der Waals surface area (Å²) in [6, 6.07) is 0.550. The van der Waals surface area contributed by atoms with Crippen LogP contribution in [0.4, 0.5) is 0 Å². The minimum atomic E-state index is 0.550. The van der Waals surface area contributed by atoms with Crippen molar-refractivity contribution in [3.8, 4) is 0 Å². The first-order chi connectivity index (χ1) is 7.35. The maximum absolute atomic E-state index is 5.62. The van der Waals surface area contributed by atoms with E-state index in [1.54, 1.807) is 0 Å². The first-order valence-electron chi connectivity index (χ1n) is 5.81. The number of hydrogen-bond donors (Lipinski definition) is 1. The second-order valence-electron chi connectivity index (χ2n) is 4.11. The summed E-state index contributed by atoms with van der Waals surface area (Å²) in [6.07, 6.45) is 6.69. The summed E-state index contributed by atoms with van der Waals surface area (Å²) in [5, 5.41) is 4.33. The number of rotatable bonds is 4. The van der Waals surface area contributed by atoms with Crippen molar-refractivity contribution in [3.63, 3.8) is 0 Å². The molecule has 1 saturated heterocycles. The zero-order valence-corrected chi connectivity index (χ0v) is 9.39. The van der Waals surface area contributed by atoms with Gasteiger partial charge in [-0.05, 0) is 26.3 Å². The van der Waals surface area contributed by atoms with Crippen LogP contribution in [0.2, 0.25) is 0 Å². The van der Waals surface area contributed by atoms with E-state index in [4.69, 9.17) is 5.73 Å². The third-order valence-corrected chi connectivity index (χ3v) is 3.14. The Labute approximate surface area is 91.1 Å². The topological polar surface area (TPSA) is 47.1 Å². The summed E-state index contributed by atoms with van der Waals surface area (Å²) in [7, 11) is 0. The van der Waals surface area contributed by atoms with Crippen molar-refractivity contribution in [1.29, 1.82) is 0 Å². The Morgan fingerprint density at radius 3 is 3.13 bits per heavy atom. The molecular weight excluding hydrogens is 188 g/mol. The zero-order valence-electron chi connectivity index (χ0n) is 9.39. The number of aromatic nitrogens is 2. The predicted molar refractivity (Wildman–Crippen MR) is 60.5 cm³/mol. The molecule has 1 atom stereocenters. The fraction of sp³-hybridized carbons (Fsp3) is 0.727. The van der Waals surface area contributed by atoms with E-state index in [-0.39, 0.29) is 0 Å². The van der Waals surface area contributed by atoms with Gasteiger partial charge >= 0.3 is 0 Å². The van der Waals surface area contributed by atoms with Gasteiger partial charge in [-0.1, -0.05) is 0 Å². The number of likely N-dealkylation sites (tertiary alicyclic amines) is 1. The Kier molecular flexibility index (Phi) is 3.38. The van der Waals surface area contributed by atoms with Gasteiger partial charge in [0.1, 0.15) is 0 Å². The number of nitrogens with two attached hydrogens (primary N) is 1. The van der Waals surface area contributed by atoms with Crippen LogP contribution in [0.1, 0.15) is 31.4 Å². The van der Waals surface area contributed by atoms with Crippen molar-refractivity contribution >= 4 is 0 Å². The van der Waals surface area contributed by atoms with Gasteiger partial charge in [0.15, 0.2) is 0 Å². The molecule has 2 rings (SSSR count). The molecule has 0 spiro atoms. The molecule has 2 heterocycles. The van der Waals surface area contributed by atoms with E-state index in [9.17, 15) is 0 Å². The van der Waals surface area contributed by atoms with Gasteiger partial charge in [0.25, 0.3) is 0 Å². The molecule has 15 heavy (non-hydrogen) atoms. The summed E-state index contributed by atoms with van der Waals surface area (Å²) >= 11 is 0. The summed E-state index contributed by atoms with van der Waals surface area (Å²) in [5.41, 5.74) is 6.97. The fourth-order valence-corrected chi connectivity index (χ4v) is 2.36. The molecule has 1 aromatic rings. The summed E-state index contributed by atoms with van der Waals surface area (Å²) in [6.45, 7) is 5.99. The van der Waals surface area contributed by atoms with Crippen molar-refractivity contribution in [3.05, 3.63) is 18.0 Å². The largest absolute Gasteiger partial charge is 0.329 e. The highest BCUT2D eigenvalue weighted by atomic mass is 15.3. The molecule has 4 heteroatoms. The number of hydrogen-bond acceptors (Lipinski definition) is 3. The van der Waals surface area contributed by atoms with Gasteiger partial charge in [-0.2, -0.15) is 5.10 Å². The fourth-order valence-electron chi connectivity index (χ4n) is 2.36. The SMILES string of the molecule is CCn1cc([C@H]2CCCN2CCN)cn1. The Hall–Kier alpha value is -0.870. The van der Waals surface area contributed by atoms with Crippen molar-refractivity contribution in [2.75, 3.05) is 19.6 Å². The Morgan fingerprint density at radius 1 is 1.60 bits per heavy atom. The Bertz CT molecular complexity index is 307. The molecule has 84 valence electrons. The molecule has 0 aliphatic carbocycles. The lowest BCUT2D eigenvalue weighted by Gasteiger charge is -2.22. The highest BCUT2D eigenvalue weighted by Crippen LogP contribution is 2.30. The van der Waals surface area contributed by atoms with Gasteiger partial charge in [-0.25, -0.2) is 0 Å². The number of nitrogens with zero attached hydrogens (tertiary/aromatic N) is 3. The van der Waals surface area contributed by atoms with E-state index in [2.05, 4.69) is 23.1 Å². The van der Waals surface area contributed by atoms with E-state index >= 15 is 0 Å². The Balaban J connectivity index is 2.08. The quantitative estimate of drug-likeness (QED) is 0.803. The van der Waals surface area contributed by atoms with Gasteiger partial charge in [0, 0.05) is 37.4 Å². The molecule has 0 amide bonds. The van der Waals surface area contributed by atoms with Crippen LogP contribution in [0.25, 0.3) is 0 Å². The first kappa shape index (κ1) is 10.6. The molecular formula is C11H20N4. The second kappa shape index (κ2) is 4.77. The monoisotopic (exact) mass is 208 g/mol. The molecule has 1 aromatic heterocycles. The second-order valence-corrected chi connectivity index (χ2v) is 4.11. The number of aryl methyl sites for hydroxylation is 1. The third-order valence-electron chi connectivity index (χ3n) is 3.14. The summed E-state index contributed by atoms with van der Waals surface area (Å²) in [4.78, 5) is 2.47. The average molecular weight is 208 g/mol. The van der Waals surface area contributed by atoms with Crippen LogP contribution in [-0.2, 0) is 6.54 Å². The van der Waals surface area contributed by atoms with Crippen LogP contribution in [0, 0.1) is 0 Å². The minimum absolute atomic E-state index is 0.550. The maximum Gasteiger partial charge on any atom is 0.0537 e.